The summed E-state index contributed by atoms with van der Waals surface area (Å²) in [6.45, 7) is 2.03. The molecule has 5 nitrogen and oxygen atoms in total. The van der Waals surface area contributed by atoms with Crippen molar-refractivity contribution in [3.05, 3.63) is 94.8 Å². The Kier molecular flexibility index (Phi) is 7.37. The molecule has 1 atom stereocenters. The monoisotopic (exact) mass is 479 g/mol. The maximum Gasteiger partial charge on any atom is 0.266 e. The van der Waals surface area contributed by atoms with Crippen molar-refractivity contribution in [1.29, 1.82) is 0 Å². The topological polar surface area (TPSA) is 64.0 Å². The lowest BCUT2D eigenvalue weighted by Crippen LogP contribution is -2.28. The summed E-state index contributed by atoms with van der Waals surface area (Å²) < 4.78 is 28.2. The Bertz CT molecular complexity index is 1360. The number of nitrogens with one attached hydrogen (secondary N) is 1. The van der Waals surface area contributed by atoms with E-state index in [2.05, 4.69) is 10.3 Å². The molecule has 0 bridgehead atoms. The molecule has 0 aliphatic rings. The van der Waals surface area contributed by atoms with Gasteiger partial charge in [0.2, 0.25) is 5.91 Å². The van der Waals surface area contributed by atoms with E-state index < -0.39 is 16.9 Å². The summed E-state index contributed by atoms with van der Waals surface area (Å²) in [5, 5.41) is 3.04. The number of aromatic nitrogens is 2. The van der Waals surface area contributed by atoms with Crippen LogP contribution in [0.5, 0.6) is 0 Å². The van der Waals surface area contributed by atoms with Gasteiger partial charge in [0.05, 0.1) is 21.8 Å². The first-order valence-electron chi connectivity index (χ1n) is 11.0. The summed E-state index contributed by atoms with van der Waals surface area (Å²) in [6, 6.07) is 18.1. The minimum Gasteiger partial charge on any atom is -0.325 e. The molecular formula is C26H23F2N3O2S. The number of thioether (sulfide) groups is 1. The Labute approximate surface area is 199 Å². The fourth-order valence-corrected chi connectivity index (χ4v) is 4.68. The molecule has 3 aromatic carbocycles. The number of anilines is 1. The number of rotatable bonds is 8. The number of carbonyl (C=O) groups is 1. The highest BCUT2D eigenvalue weighted by Gasteiger charge is 2.24. The van der Waals surface area contributed by atoms with Crippen LogP contribution in [-0.2, 0) is 4.79 Å². The molecule has 8 heteroatoms. The van der Waals surface area contributed by atoms with Crippen LogP contribution in [0.1, 0.15) is 26.2 Å². The molecule has 1 aromatic heterocycles. The average Bonchev–Trinajstić information content (AvgIpc) is 2.84. The zero-order valence-electron chi connectivity index (χ0n) is 18.5. The number of unbranched alkanes of at least 4 members (excludes halogenated alkanes) is 1. The summed E-state index contributed by atoms with van der Waals surface area (Å²) >= 11 is 1.19. The van der Waals surface area contributed by atoms with Gasteiger partial charge >= 0.3 is 0 Å². The Morgan fingerprint density at radius 1 is 1.00 bits per heavy atom. The Hall–Kier alpha value is -3.52. The lowest BCUT2D eigenvalue weighted by atomic mass is 10.2. The lowest BCUT2D eigenvalue weighted by molar-refractivity contribution is -0.115. The quantitative estimate of drug-likeness (QED) is 0.250. The third kappa shape index (κ3) is 5.34. The lowest BCUT2D eigenvalue weighted by Gasteiger charge is -2.19. The van der Waals surface area contributed by atoms with E-state index >= 15 is 0 Å². The number of para-hydroxylation sites is 1. The van der Waals surface area contributed by atoms with Crippen molar-refractivity contribution in [2.45, 2.75) is 36.6 Å². The second-order valence-electron chi connectivity index (χ2n) is 7.77. The Balaban J connectivity index is 1.75. The van der Waals surface area contributed by atoms with Crippen LogP contribution in [-0.4, -0.2) is 20.7 Å². The fourth-order valence-electron chi connectivity index (χ4n) is 3.53. The van der Waals surface area contributed by atoms with Crippen LogP contribution in [0.15, 0.2) is 82.7 Å². The van der Waals surface area contributed by atoms with E-state index in [0.717, 1.165) is 12.8 Å². The third-order valence-corrected chi connectivity index (χ3v) is 6.52. The van der Waals surface area contributed by atoms with E-state index in [1.54, 1.807) is 24.3 Å². The molecule has 1 heterocycles. The van der Waals surface area contributed by atoms with E-state index in [9.17, 15) is 18.4 Å². The highest BCUT2D eigenvalue weighted by atomic mass is 32.2. The molecule has 0 aliphatic heterocycles. The highest BCUT2D eigenvalue weighted by molar-refractivity contribution is 8.00. The summed E-state index contributed by atoms with van der Waals surface area (Å²) in [7, 11) is 0. The van der Waals surface area contributed by atoms with Gasteiger partial charge in [-0.25, -0.2) is 13.8 Å². The molecule has 0 saturated heterocycles. The number of halogens is 2. The van der Waals surface area contributed by atoms with Gasteiger partial charge in [-0.05, 0) is 67.1 Å². The normalized spacial score (nSPS) is 12.0. The van der Waals surface area contributed by atoms with Crippen molar-refractivity contribution in [1.82, 2.24) is 9.55 Å². The van der Waals surface area contributed by atoms with Crippen LogP contribution in [0.25, 0.3) is 16.6 Å². The molecule has 1 N–H and O–H groups in total. The van der Waals surface area contributed by atoms with Crippen LogP contribution in [0.3, 0.4) is 0 Å². The van der Waals surface area contributed by atoms with Gasteiger partial charge in [-0.2, -0.15) is 0 Å². The van der Waals surface area contributed by atoms with Crippen LogP contribution >= 0.6 is 11.8 Å². The smallest absolute Gasteiger partial charge is 0.266 e. The van der Waals surface area contributed by atoms with E-state index in [1.807, 2.05) is 6.92 Å². The molecule has 1 unspecified atom stereocenters. The van der Waals surface area contributed by atoms with E-state index in [-0.39, 0.29) is 11.5 Å². The molecule has 174 valence electrons. The van der Waals surface area contributed by atoms with Crippen molar-refractivity contribution in [3.63, 3.8) is 0 Å². The number of nitrogens with zero attached hydrogens (tertiary/aromatic N) is 2. The summed E-state index contributed by atoms with van der Waals surface area (Å²) in [6.07, 6.45) is 2.24. The standard InChI is InChI=1S/C26H23F2N3O2S/c1-2-3-8-23(24(32)29-19-13-9-17(27)10-14-19)34-26-30-22-7-5-4-6-21(22)25(33)31(26)20-15-11-18(28)12-16-20/h4-7,9-16,23H,2-3,8H2,1H3,(H,29,32). The van der Waals surface area contributed by atoms with Crippen LogP contribution in [0, 0.1) is 11.6 Å². The highest BCUT2D eigenvalue weighted by Crippen LogP contribution is 2.29. The van der Waals surface area contributed by atoms with Crippen molar-refractivity contribution < 1.29 is 13.6 Å². The molecular weight excluding hydrogens is 456 g/mol. The average molecular weight is 480 g/mol. The molecule has 0 saturated carbocycles. The number of amides is 1. The summed E-state index contributed by atoms with van der Waals surface area (Å²) in [5.74, 6) is -1.07. The molecule has 1 amide bonds. The maximum atomic E-state index is 13.6. The van der Waals surface area contributed by atoms with Crippen LogP contribution in [0.4, 0.5) is 14.5 Å². The third-order valence-electron chi connectivity index (χ3n) is 5.30. The molecule has 0 fully saturated rings. The van der Waals surface area contributed by atoms with Gasteiger partial charge in [0.1, 0.15) is 11.6 Å². The second kappa shape index (κ2) is 10.6. The first kappa shape index (κ1) is 23.6. The Morgan fingerprint density at radius 3 is 2.32 bits per heavy atom. The zero-order valence-corrected chi connectivity index (χ0v) is 19.3. The van der Waals surface area contributed by atoms with Gasteiger partial charge in [-0.15, -0.1) is 0 Å². The first-order valence-corrected chi connectivity index (χ1v) is 11.8. The number of hydrogen-bond donors (Lipinski definition) is 1. The molecule has 34 heavy (non-hydrogen) atoms. The van der Waals surface area contributed by atoms with Gasteiger partial charge in [-0.1, -0.05) is 43.7 Å². The van der Waals surface area contributed by atoms with E-state index in [0.29, 0.717) is 33.9 Å². The predicted molar refractivity (Wildman–Crippen MR) is 131 cm³/mol. The largest absolute Gasteiger partial charge is 0.325 e. The molecule has 4 aromatic rings. The van der Waals surface area contributed by atoms with Crippen LogP contribution in [0.2, 0.25) is 0 Å². The van der Waals surface area contributed by atoms with Gasteiger partial charge in [0, 0.05) is 5.69 Å². The van der Waals surface area contributed by atoms with Crippen molar-refractivity contribution in [2.24, 2.45) is 0 Å². The molecule has 0 aliphatic carbocycles. The maximum absolute atomic E-state index is 13.6. The Morgan fingerprint density at radius 2 is 1.65 bits per heavy atom. The molecule has 0 spiro atoms. The minimum atomic E-state index is -0.551. The summed E-state index contributed by atoms with van der Waals surface area (Å²) in [5.41, 5.74) is 1.16. The first-order chi connectivity index (χ1) is 16.5. The van der Waals surface area contributed by atoms with Crippen molar-refractivity contribution in [2.75, 3.05) is 5.32 Å². The SMILES string of the molecule is CCCCC(Sc1nc2ccccc2c(=O)n1-c1ccc(F)cc1)C(=O)Nc1ccc(F)cc1. The summed E-state index contributed by atoms with van der Waals surface area (Å²) in [4.78, 5) is 31.2. The van der Waals surface area contributed by atoms with Crippen LogP contribution < -0.4 is 10.9 Å². The van der Waals surface area contributed by atoms with Crippen molar-refractivity contribution >= 4 is 34.3 Å². The molecule has 0 radical (unpaired) electrons. The number of benzene rings is 3. The van der Waals surface area contributed by atoms with E-state index in [4.69, 9.17) is 0 Å². The van der Waals surface area contributed by atoms with Gasteiger partial charge in [0.25, 0.3) is 5.56 Å². The van der Waals surface area contributed by atoms with Crippen molar-refractivity contribution in [3.8, 4) is 5.69 Å². The second-order valence-corrected chi connectivity index (χ2v) is 8.94. The zero-order chi connectivity index (χ0) is 24.1. The van der Waals surface area contributed by atoms with Gasteiger partial charge in [0.15, 0.2) is 5.16 Å². The number of hydrogen-bond acceptors (Lipinski definition) is 4. The molecule has 4 rings (SSSR count). The number of carbonyl (C=O) groups excluding carboxylic acids is 1. The minimum absolute atomic E-state index is 0.266. The van der Waals surface area contributed by atoms with E-state index in [1.165, 1.54) is 64.9 Å². The predicted octanol–water partition coefficient (Wildman–Crippen LogP) is 5.95. The van der Waals surface area contributed by atoms with Gasteiger partial charge in [-0.3, -0.25) is 14.2 Å². The van der Waals surface area contributed by atoms with Gasteiger partial charge < -0.3 is 5.32 Å². The number of fused-ring (bicyclic) bond motifs is 1. The fraction of sp³-hybridized carbons (Fsp3) is 0.192.